The highest BCUT2D eigenvalue weighted by Gasteiger charge is 2.30. The van der Waals surface area contributed by atoms with Crippen LogP contribution in [0.1, 0.15) is 30.7 Å². The highest BCUT2D eigenvalue weighted by Crippen LogP contribution is 2.31. The summed E-state index contributed by atoms with van der Waals surface area (Å²) in [6.45, 7) is 3.56. The second-order valence-electron chi connectivity index (χ2n) is 5.00. The number of hydrogen-bond acceptors (Lipinski definition) is 3. The molecule has 0 radical (unpaired) electrons. The maximum atomic E-state index is 12.8. The van der Waals surface area contributed by atoms with E-state index in [0.717, 1.165) is 23.4 Å². The number of hydrogen-bond donors (Lipinski definition) is 3. The molecule has 8 heteroatoms. The molecule has 0 spiro atoms. The number of H-pyrrole nitrogens is 1. The van der Waals surface area contributed by atoms with Gasteiger partial charge < -0.3 is 10.6 Å². The van der Waals surface area contributed by atoms with Crippen LogP contribution in [0.15, 0.2) is 24.3 Å². The lowest BCUT2D eigenvalue weighted by atomic mass is 10.1. The molecule has 2 rings (SSSR count). The average molecular weight is 326 g/mol. The topological polar surface area (TPSA) is 69.8 Å². The number of carbonyl (C=O) groups excluding carboxylic acids is 1. The second-order valence-corrected chi connectivity index (χ2v) is 5.00. The second kappa shape index (κ2) is 6.72. The first-order valence-corrected chi connectivity index (χ1v) is 7.06. The molecule has 1 heterocycles. The zero-order chi connectivity index (χ0) is 17.0. The van der Waals surface area contributed by atoms with E-state index in [1.54, 1.807) is 0 Å². The number of carbonyl (C=O) groups is 1. The van der Waals surface area contributed by atoms with Crippen molar-refractivity contribution in [2.75, 3.05) is 5.32 Å². The molecular formula is C15H17F3N4O. The van der Waals surface area contributed by atoms with Crippen molar-refractivity contribution in [2.24, 2.45) is 0 Å². The van der Waals surface area contributed by atoms with Gasteiger partial charge in [-0.1, -0.05) is 13.0 Å². The zero-order valence-electron chi connectivity index (χ0n) is 12.7. The summed E-state index contributed by atoms with van der Waals surface area (Å²) in [4.78, 5) is 11.1. The summed E-state index contributed by atoms with van der Waals surface area (Å²) < 4.78 is 38.3. The Bertz CT molecular complexity index is 694. The van der Waals surface area contributed by atoms with Crippen molar-refractivity contribution in [2.45, 2.75) is 33.0 Å². The van der Waals surface area contributed by atoms with Gasteiger partial charge in [-0.15, -0.1) is 0 Å². The first-order valence-electron chi connectivity index (χ1n) is 7.06. The average Bonchev–Trinajstić information content (AvgIpc) is 2.86. The molecule has 124 valence electrons. The summed E-state index contributed by atoms with van der Waals surface area (Å²) in [6.07, 6.45) is -3.75. The molecule has 0 bridgehead atoms. The third-order valence-corrected chi connectivity index (χ3v) is 3.27. The quantitative estimate of drug-likeness (QED) is 0.789. The largest absolute Gasteiger partial charge is 0.416 e. The number of aryl methyl sites for hydroxylation is 1. The van der Waals surface area contributed by atoms with Crippen LogP contribution in [0, 0.1) is 0 Å². The van der Waals surface area contributed by atoms with E-state index in [1.165, 1.54) is 19.1 Å². The molecule has 2 aromatic rings. The van der Waals surface area contributed by atoms with Crippen LogP contribution in [0.4, 0.5) is 24.7 Å². The van der Waals surface area contributed by atoms with Gasteiger partial charge in [-0.3, -0.25) is 9.89 Å². The number of aromatic nitrogens is 2. The van der Waals surface area contributed by atoms with Crippen LogP contribution in [0.5, 0.6) is 0 Å². The van der Waals surface area contributed by atoms with E-state index in [1.807, 2.05) is 6.92 Å². The summed E-state index contributed by atoms with van der Waals surface area (Å²) in [6, 6.07) is 4.87. The molecule has 0 aliphatic rings. The van der Waals surface area contributed by atoms with Crippen molar-refractivity contribution < 1.29 is 18.0 Å². The molecule has 1 aromatic heterocycles. The number of nitrogens with one attached hydrogen (secondary N) is 3. The van der Waals surface area contributed by atoms with Crippen LogP contribution in [-0.4, -0.2) is 16.1 Å². The molecule has 0 saturated carbocycles. The van der Waals surface area contributed by atoms with Gasteiger partial charge >= 0.3 is 6.18 Å². The van der Waals surface area contributed by atoms with Crippen LogP contribution in [0.3, 0.4) is 0 Å². The molecule has 3 N–H and O–H groups in total. The summed E-state index contributed by atoms with van der Waals surface area (Å²) in [5, 5.41) is 12.4. The Morgan fingerprint density at radius 1 is 1.35 bits per heavy atom. The van der Waals surface area contributed by atoms with Gasteiger partial charge in [-0.2, -0.15) is 18.3 Å². The molecule has 5 nitrogen and oxygen atoms in total. The van der Waals surface area contributed by atoms with E-state index in [0.29, 0.717) is 12.2 Å². The molecule has 0 aliphatic carbocycles. The Balaban J connectivity index is 2.26. The van der Waals surface area contributed by atoms with Gasteiger partial charge in [0.2, 0.25) is 5.91 Å². The predicted molar refractivity (Wildman–Crippen MR) is 80.2 cm³/mol. The normalized spacial score (nSPS) is 11.3. The van der Waals surface area contributed by atoms with Crippen molar-refractivity contribution in [1.29, 1.82) is 0 Å². The van der Waals surface area contributed by atoms with Gasteiger partial charge in [-0.05, 0) is 24.6 Å². The van der Waals surface area contributed by atoms with Gasteiger partial charge in [-0.25, -0.2) is 0 Å². The third-order valence-electron chi connectivity index (χ3n) is 3.27. The first-order chi connectivity index (χ1) is 10.8. The Morgan fingerprint density at radius 2 is 2.09 bits per heavy atom. The van der Waals surface area contributed by atoms with Crippen LogP contribution < -0.4 is 10.6 Å². The zero-order valence-corrected chi connectivity index (χ0v) is 12.7. The number of alkyl halides is 3. The summed E-state index contributed by atoms with van der Waals surface area (Å²) in [7, 11) is 0. The number of halogens is 3. The molecule has 1 aromatic carbocycles. The van der Waals surface area contributed by atoms with Gasteiger partial charge in [0.1, 0.15) is 0 Å². The standard InChI is InChI=1S/C15H17F3N4O/c1-3-13-12(8-19-9(2)23)14(22-21-13)20-11-6-4-5-10(7-11)15(16,17)18/h4-7H,3,8H2,1-2H3,(H,19,23)(H2,20,21,22). The van der Waals surface area contributed by atoms with Gasteiger partial charge in [0.05, 0.1) is 5.56 Å². The summed E-state index contributed by atoms with van der Waals surface area (Å²) >= 11 is 0. The Morgan fingerprint density at radius 3 is 2.70 bits per heavy atom. The van der Waals surface area contributed by atoms with E-state index < -0.39 is 11.7 Å². The minimum Gasteiger partial charge on any atom is -0.352 e. The highest BCUT2D eigenvalue weighted by atomic mass is 19.4. The number of nitrogens with zero attached hydrogens (tertiary/aromatic N) is 1. The SMILES string of the molecule is CCc1[nH]nc(Nc2cccc(C(F)(F)F)c2)c1CNC(C)=O. The van der Waals surface area contributed by atoms with Crippen molar-refractivity contribution in [3.63, 3.8) is 0 Å². The van der Waals surface area contributed by atoms with Crippen molar-refractivity contribution in [3.05, 3.63) is 41.1 Å². The number of amides is 1. The number of aromatic amines is 1. The van der Waals surface area contributed by atoms with Crippen molar-refractivity contribution in [3.8, 4) is 0 Å². The van der Waals surface area contributed by atoms with Crippen LogP contribution in [0.25, 0.3) is 0 Å². The monoisotopic (exact) mass is 326 g/mol. The Hall–Kier alpha value is -2.51. The minimum atomic E-state index is -4.41. The van der Waals surface area contributed by atoms with Crippen LogP contribution in [-0.2, 0) is 23.9 Å². The lowest BCUT2D eigenvalue weighted by Crippen LogP contribution is -2.20. The summed E-state index contributed by atoms with van der Waals surface area (Å²) in [5.74, 6) is 0.202. The van der Waals surface area contributed by atoms with Gasteiger partial charge in [0, 0.05) is 30.4 Å². The first kappa shape index (κ1) is 16.9. The Labute approximate surface area is 131 Å². The Kier molecular flexibility index (Phi) is 4.92. The minimum absolute atomic E-state index is 0.196. The highest BCUT2D eigenvalue weighted by molar-refractivity contribution is 5.73. The lowest BCUT2D eigenvalue weighted by molar-refractivity contribution is -0.137. The molecular weight excluding hydrogens is 309 g/mol. The van der Waals surface area contributed by atoms with E-state index in [4.69, 9.17) is 0 Å². The van der Waals surface area contributed by atoms with Crippen LogP contribution >= 0.6 is 0 Å². The number of rotatable bonds is 5. The summed E-state index contributed by atoms with van der Waals surface area (Å²) in [5.41, 5.74) is 1.07. The molecule has 0 saturated heterocycles. The lowest BCUT2D eigenvalue weighted by Gasteiger charge is -2.11. The fourth-order valence-corrected chi connectivity index (χ4v) is 2.11. The van der Waals surface area contributed by atoms with E-state index in [9.17, 15) is 18.0 Å². The van der Waals surface area contributed by atoms with Gasteiger partial charge in [0.25, 0.3) is 0 Å². The maximum Gasteiger partial charge on any atom is 0.416 e. The van der Waals surface area contributed by atoms with E-state index in [2.05, 4.69) is 20.8 Å². The number of anilines is 2. The maximum absolute atomic E-state index is 12.8. The molecule has 1 amide bonds. The van der Waals surface area contributed by atoms with Gasteiger partial charge in [0.15, 0.2) is 5.82 Å². The van der Waals surface area contributed by atoms with Crippen molar-refractivity contribution >= 4 is 17.4 Å². The third kappa shape index (κ3) is 4.24. The molecule has 0 aliphatic heterocycles. The fraction of sp³-hybridized carbons (Fsp3) is 0.333. The smallest absolute Gasteiger partial charge is 0.352 e. The van der Waals surface area contributed by atoms with Crippen LogP contribution in [0.2, 0.25) is 0 Å². The molecule has 0 unspecified atom stereocenters. The predicted octanol–water partition coefficient (Wildman–Crippen LogP) is 3.37. The molecule has 23 heavy (non-hydrogen) atoms. The van der Waals surface area contributed by atoms with E-state index >= 15 is 0 Å². The number of benzene rings is 1. The fourth-order valence-electron chi connectivity index (χ4n) is 2.11. The van der Waals surface area contributed by atoms with Crippen molar-refractivity contribution in [1.82, 2.24) is 15.5 Å². The molecule has 0 atom stereocenters. The molecule has 0 fully saturated rings. The van der Waals surface area contributed by atoms with E-state index in [-0.39, 0.29) is 18.1 Å².